The maximum absolute atomic E-state index is 11.3. The molecular weight excluding hydrogens is 240 g/mol. The number of pyridine rings is 1. The number of benzene rings is 1. The summed E-state index contributed by atoms with van der Waals surface area (Å²) in [6.07, 6.45) is 5.32. The Bertz CT molecular complexity index is 659. The summed E-state index contributed by atoms with van der Waals surface area (Å²) in [7, 11) is 0. The molecule has 0 bridgehead atoms. The van der Waals surface area contributed by atoms with Crippen LogP contribution in [0, 0.1) is 12.3 Å². The van der Waals surface area contributed by atoms with E-state index in [1.165, 1.54) is 0 Å². The van der Waals surface area contributed by atoms with Crippen molar-refractivity contribution in [3.8, 4) is 12.3 Å². The number of carboxylic acid groups (broad SMARTS) is 1. The number of rotatable bonds is 4. The average Bonchev–Trinajstić information content (AvgIpc) is 2.43. The van der Waals surface area contributed by atoms with Crippen LogP contribution >= 0.6 is 0 Å². The lowest BCUT2D eigenvalue weighted by Crippen LogP contribution is -2.24. The first-order valence-electron chi connectivity index (χ1n) is 5.99. The number of terminal acetylenes is 1. The smallest absolute Gasteiger partial charge is 0.336 e. The van der Waals surface area contributed by atoms with E-state index in [0.717, 1.165) is 0 Å². The summed E-state index contributed by atoms with van der Waals surface area (Å²) >= 11 is 0. The van der Waals surface area contributed by atoms with Gasteiger partial charge in [-0.05, 0) is 19.1 Å². The fourth-order valence-electron chi connectivity index (χ4n) is 1.97. The predicted octanol–water partition coefficient (Wildman–Crippen LogP) is 2.39. The van der Waals surface area contributed by atoms with Crippen LogP contribution in [-0.4, -0.2) is 29.1 Å². The first-order valence-corrected chi connectivity index (χ1v) is 5.99. The van der Waals surface area contributed by atoms with E-state index in [2.05, 4.69) is 10.9 Å². The van der Waals surface area contributed by atoms with E-state index < -0.39 is 5.97 Å². The summed E-state index contributed by atoms with van der Waals surface area (Å²) in [5, 5.41) is 9.94. The molecule has 0 fully saturated rings. The van der Waals surface area contributed by atoms with Gasteiger partial charge < -0.3 is 10.0 Å². The molecule has 0 atom stereocenters. The molecule has 1 N–H and O–H groups in total. The first-order chi connectivity index (χ1) is 9.17. The number of fused-ring (bicyclic) bond motifs is 1. The van der Waals surface area contributed by atoms with Crippen LogP contribution in [0.3, 0.4) is 0 Å². The molecule has 2 rings (SSSR count). The highest BCUT2D eigenvalue weighted by Gasteiger charge is 2.14. The number of carbonyl (C=O) groups is 1. The number of nitrogens with zero attached hydrogens (tertiary/aromatic N) is 2. The van der Waals surface area contributed by atoms with E-state index in [1.807, 2.05) is 17.9 Å². The minimum absolute atomic E-state index is 0.246. The van der Waals surface area contributed by atoms with E-state index in [9.17, 15) is 9.90 Å². The molecule has 4 nitrogen and oxygen atoms in total. The lowest BCUT2D eigenvalue weighted by Gasteiger charge is -2.20. The summed E-state index contributed by atoms with van der Waals surface area (Å²) in [5.41, 5.74) is 0.906. The third-order valence-electron chi connectivity index (χ3n) is 2.92. The van der Waals surface area contributed by atoms with Gasteiger partial charge >= 0.3 is 5.97 Å². The monoisotopic (exact) mass is 254 g/mol. The second-order valence-electron chi connectivity index (χ2n) is 4.07. The van der Waals surface area contributed by atoms with Crippen molar-refractivity contribution in [2.24, 2.45) is 0 Å². The Labute approximate surface area is 111 Å². The topological polar surface area (TPSA) is 53.4 Å². The van der Waals surface area contributed by atoms with Crippen molar-refractivity contribution in [1.29, 1.82) is 0 Å². The van der Waals surface area contributed by atoms with Gasteiger partial charge in [0.2, 0.25) is 0 Å². The molecule has 1 aromatic carbocycles. The summed E-state index contributed by atoms with van der Waals surface area (Å²) in [6, 6.07) is 8.77. The standard InChI is InChI=1S/C15H14N2O2/c1-3-9-17(4-2)14-10-12(15(18)19)11-7-5-6-8-13(11)16-14/h1,5-8,10H,4,9H2,2H3,(H,18,19). The maximum atomic E-state index is 11.3. The van der Waals surface area contributed by atoms with Crippen molar-refractivity contribution < 1.29 is 9.90 Å². The zero-order valence-electron chi connectivity index (χ0n) is 10.6. The normalized spacial score (nSPS) is 10.1. The maximum Gasteiger partial charge on any atom is 0.336 e. The van der Waals surface area contributed by atoms with Gasteiger partial charge in [0.15, 0.2) is 0 Å². The molecule has 1 heterocycles. The molecule has 1 aromatic heterocycles. The molecule has 0 unspecified atom stereocenters. The first kappa shape index (κ1) is 12.9. The molecule has 96 valence electrons. The summed E-state index contributed by atoms with van der Waals surface area (Å²) in [6.45, 7) is 3.03. The number of aromatic carboxylic acids is 1. The Kier molecular flexibility index (Phi) is 3.67. The molecule has 0 aliphatic rings. The van der Waals surface area contributed by atoms with Crippen molar-refractivity contribution in [2.45, 2.75) is 6.92 Å². The molecule has 0 saturated heterocycles. The van der Waals surface area contributed by atoms with E-state index in [0.29, 0.717) is 29.8 Å². The van der Waals surface area contributed by atoms with Crippen LogP contribution in [0.5, 0.6) is 0 Å². The van der Waals surface area contributed by atoms with E-state index in [-0.39, 0.29) is 5.56 Å². The Morgan fingerprint density at radius 2 is 2.21 bits per heavy atom. The van der Waals surface area contributed by atoms with Gasteiger partial charge in [-0.25, -0.2) is 9.78 Å². The van der Waals surface area contributed by atoms with Crippen molar-refractivity contribution in [1.82, 2.24) is 4.98 Å². The van der Waals surface area contributed by atoms with Crippen LogP contribution in [-0.2, 0) is 0 Å². The molecule has 0 aliphatic heterocycles. The highest BCUT2D eigenvalue weighted by molar-refractivity contribution is 6.03. The number of anilines is 1. The van der Waals surface area contributed by atoms with Crippen LogP contribution in [0.25, 0.3) is 10.9 Å². The van der Waals surface area contributed by atoms with Gasteiger partial charge in [-0.2, -0.15) is 0 Å². The molecule has 0 spiro atoms. The number of hydrogen-bond donors (Lipinski definition) is 1. The van der Waals surface area contributed by atoms with E-state index in [4.69, 9.17) is 6.42 Å². The molecule has 0 saturated carbocycles. The number of para-hydroxylation sites is 1. The van der Waals surface area contributed by atoms with E-state index >= 15 is 0 Å². The highest BCUT2D eigenvalue weighted by atomic mass is 16.4. The van der Waals surface area contributed by atoms with Crippen molar-refractivity contribution in [3.63, 3.8) is 0 Å². The largest absolute Gasteiger partial charge is 0.478 e. The Morgan fingerprint density at radius 3 is 2.84 bits per heavy atom. The van der Waals surface area contributed by atoms with Gasteiger partial charge in [-0.3, -0.25) is 0 Å². The lowest BCUT2D eigenvalue weighted by molar-refractivity contribution is 0.0699. The van der Waals surface area contributed by atoms with Crippen LogP contribution in [0.2, 0.25) is 0 Å². The van der Waals surface area contributed by atoms with Crippen LogP contribution in [0.1, 0.15) is 17.3 Å². The van der Waals surface area contributed by atoms with Crippen LogP contribution in [0.15, 0.2) is 30.3 Å². The SMILES string of the molecule is C#CCN(CC)c1cc(C(=O)O)c2ccccc2n1. The Hall–Kier alpha value is -2.54. The van der Waals surface area contributed by atoms with Crippen LogP contribution in [0.4, 0.5) is 5.82 Å². The van der Waals surface area contributed by atoms with Gasteiger partial charge in [0.05, 0.1) is 17.6 Å². The summed E-state index contributed by atoms with van der Waals surface area (Å²) < 4.78 is 0. The van der Waals surface area contributed by atoms with Gasteiger partial charge in [0, 0.05) is 11.9 Å². The minimum atomic E-state index is -0.961. The summed E-state index contributed by atoms with van der Waals surface area (Å²) in [4.78, 5) is 17.7. The van der Waals surface area contributed by atoms with Gasteiger partial charge in [-0.15, -0.1) is 6.42 Å². The molecular formula is C15H14N2O2. The number of aromatic nitrogens is 1. The fourth-order valence-corrected chi connectivity index (χ4v) is 1.97. The average molecular weight is 254 g/mol. The molecule has 0 aliphatic carbocycles. The zero-order chi connectivity index (χ0) is 13.8. The van der Waals surface area contributed by atoms with Crippen LogP contribution < -0.4 is 4.90 Å². The number of hydrogen-bond acceptors (Lipinski definition) is 3. The molecule has 2 aromatic rings. The Morgan fingerprint density at radius 1 is 1.47 bits per heavy atom. The quantitative estimate of drug-likeness (QED) is 0.851. The summed E-state index contributed by atoms with van der Waals surface area (Å²) in [5.74, 6) is 2.19. The van der Waals surface area contributed by atoms with Gasteiger partial charge in [-0.1, -0.05) is 24.1 Å². The van der Waals surface area contributed by atoms with Crippen molar-refractivity contribution in [2.75, 3.05) is 18.0 Å². The number of carboxylic acids is 1. The molecule has 0 radical (unpaired) electrons. The zero-order valence-corrected chi connectivity index (χ0v) is 10.6. The fraction of sp³-hybridized carbons (Fsp3) is 0.200. The molecule has 19 heavy (non-hydrogen) atoms. The Balaban J connectivity index is 2.64. The van der Waals surface area contributed by atoms with Crippen molar-refractivity contribution >= 4 is 22.7 Å². The second-order valence-corrected chi connectivity index (χ2v) is 4.07. The van der Waals surface area contributed by atoms with E-state index in [1.54, 1.807) is 24.3 Å². The van der Waals surface area contributed by atoms with Crippen molar-refractivity contribution in [3.05, 3.63) is 35.9 Å². The minimum Gasteiger partial charge on any atom is -0.478 e. The molecule has 4 heteroatoms. The predicted molar refractivity (Wildman–Crippen MR) is 75.4 cm³/mol. The third-order valence-corrected chi connectivity index (χ3v) is 2.92. The third kappa shape index (κ3) is 2.50. The van der Waals surface area contributed by atoms with Gasteiger partial charge in [0.1, 0.15) is 5.82 Å². The lowest BCUT2D eigenvalue weighted by atomic mass is 10.1. The molecule has 0 amide bonds. The highest BCUT2D eigenvalue weighted by Crippen LogP contribution is 2.22. The second kappa shape index (κ2) is 5.40. The van der Waals surface area contributed by atoms with Gasteiger partial charge in [0.25, 0.3) is 0 Å².